The number of hydrogen-bond donors (Lipinski definition) is 0. The van der Waals surface area contributed by atoms with Crippen molar-refractivity contribution in [2.24, 2.45) is 0 Å². The van der Waals surface area contributed by atoms with Crippen molar-refractivity contribution in [1.29, 1.82) is 5.26 Å². The molecule has 5 aromatic rings. The van der Waals surface area contributed by atoms with Gasteiger partial charge >= 0.3 is 12.0 Å². The number of rotatable bonds is 13. The minimum Gasteiger partial charge on any atom is -0.497 e. The van der Waals surface area contributed by atoms with Crippen molar-refractivity contribution >= 4 is 17.6 Å². The molecule has 0 saturated carbocycles. The van der Waals surface area contributed by atoms with E-state index in [1.54, 1.807) is 47.7 Å². The third-order valence-corrected chi connectivity index (χ3v) is 8.35. The summed E-state index contributed by atoms with van der Waals surface area (Å²) in [6.07, 6.45) is 3.25. The maximum absolute atomic E-state index is 14.1. The van der Waals surface area contributed by atoms with Gasteiger partial charge in [-0.15, -0.1) is 0 Å². The lowest BCUT2D eigenvalue weighted by molar-refractivity contribution is 0.0517. The van der Waals surface area contributed by atoms with Crippen molar-refractivity contribution in [3.05, 3.63) is 122 Å². The quantitative estimate of drug-likeness (QED) is 0.133. The highest BCUT2D eigenvalue weighted by Crippen LogP contribution is 2.39. The van der Waals surface area contributed by atoms with Gasteiger partial charge in [0, 0.05) is 23.2 Å². The summed E-state index contributed by atoms with van der Waals surface area (Å²) >= 11 is 6.65. The van der Waals surface area contributed by atoms with Gasteiger partial charge in [0.2, 0.25) is 5.88 Å². The molecule has 3 aromatic heterocycles. The predicted octanol–water partition coefficient (Wildman–Crippen LogP) is 6.10. The van der Waals surface area contributed by atoms with Gasteiger partial charge in [0.1, 0.15) is 11.4 Å². The number of halogens is 1. The molecule has 0 aliphatic heterocycles. The summed E-state index contributed by atoms with van der Waals surface area (Å²) in [4.78, 5) is 36.5. The zero-order valence-electron chi connectivity index (χ0n) is 28.6. The molecule has 2 aromatic carbocycles. The van der Waals surface area contributed by atoms with Crippen molar-refractivity contribution in [2.45, 2.75) is 45.6 Å². The normalized spacial score (nSPS) is 11.6. The SMILES string of the molecule is CCOC(=O)c1nn(-c2cnc(OC)nc2OC)c(C(C)C)c1C(Cc1cc(Cl)cn(Cc2ccc(OC)cc2)c1=O)c1ccc(C#N)cc1. The van der Waals surface area contributed by atoms with Crippen molar-refractivity contribution < 1.29 is 23.7 Å². The Hall–Kier alpha value is -5.67. The second-order valence-corrected chi connectivity index (χ2v) is 12.1. The summed E-state index contributed by atoms with van der Waals surface area (Å²) in [5.74, 6) is -0.581. The van der Waals surface area contributed by atoms with Crippen LogP contribution in [0, 0.1) is 11.3 Å². The molecule has 0 aliphatic carbocycles. The van der Waals surface area contributed by atoms with E-state index in [1.165, 1.54) is 20.4 Å². The first-order valence-corrected chi connectivity index (χ1v) is 16.3. The van der Waals surface area contributed by atoms with Gasteiger partial charge in [-0.25, -0.2) is 14.5 Å². The monoisotopic (exact) mass is 696 g/mol. The van der Waals surface area contributed by atoms with Crippen LogP contribution in [0.3, 0.4) is 0 Å². The van der Waals surface area contributed by atoms with Crippen LogP contribution in [0.15, 0.2) is 71.8 Å². The smallest absolute Gasteiger partial charge is 0.359 e. The summed E-state index contributed by atoms with van der Waals surface area (Å²) in [6, 6.07) is 18.4. The third-order valence-electron chi connectivity index (χ3n) is 8.15. The van der Waals surface area contributed by atoms with E-state index in [1.807, 2.05) is 50.2 Å². The first-order chi connectivity index (χ1) is 24.1. The van der Waals surface area contributed by atoms with E-state index in [2.05, 4.69) is 16.0 Å². The summed E-state index contributed by atoms with van der Waals surface area (Å²) in [6.45, 7) is 6.05. The van der Waals surface area contributed by atoms with Crippen LogP contribution >= 0.6 is 11.6 Å². The Labute approximate surface area is 294 Å². The molecule has 0 radical (unpaired) electrons. The average Bonchev–Trinajstić information content (AvgIpc) is 3.53. The lowest BCUT2D eigenvalue weighted by atomic mass is 9.82. The molecule has 0 fully saturated rings. The van der Waals surface area contributed by atoms with Crippen molar-refractivity contribution in [2.75, 3.05) is 27.9 Å². The Kier molecular flexibility index (Phi) is 11.2. The third kappa shape index (κ3) is 7.48. The number of aromatic nitrogens is 5. The molecule has 0 saturated heterocycles. The zero-order valence-corrected chi connectivity index (χ0v) is 29.4. The topological polar surface area (TPSA) is 143 Å². The number of benzene rings is 2. The molecule has 3 heterocycles. The van der Waals surface area contributed by atoms with E-state index >= 15 is 0 Å². The van der Waals surface area contributed by atoms with E-state index in [0.717, 1.165) is 11.1 Å². The lowest BCUT2D eigenvalue weighted by Crippen LogP contribution is -2.26. The number of esters is 1. The van der Waals surface area contributed by atoms with E-state index in [4.69, 9.17) is 35.6 Å². The van der Waals surface area contributed by atoms with Crippen molar-refractivity contribution in [3.8, 4) is 29.4 Å². The molecular weight excluding hydrogens is 660 g/mol. The number of pyridine rings is 1. The molecule has 258 valence electrons. The molecule has 50 heavy (non-hydrogen) atoms. The van der Waals surface area contributed by atoms with E-state index in [9.17, 15) is 14.9 Å². The highest BCUT2D eigenvalue weighted by atomic mass is 35.5. The predicted molar refractivity (Wildman–Crippen MR) is 187 cm³/mol. The van der Waals surface area contributed by atoms with Gasteiger partial charge in [-0.1, -0.05) is 49.7 Å². The average molecular weight is 697 g/mol. The maximum Gasteiger partial charge on any atom is 0.359 e. The highest BCUT2D eigenvalue weighted by molar-refractivity contribution is 6.30. The summed E-state index contributed by atoms with van der Waals surface area (Å²) < 4.78 is 24.8. The van der Waals surface area contributed by atoms with Gasteiger partial charge in [0.25, 0.3) is 5.56 Å². The Bertz CT molecular complexity index is 2080. The molecule has 0 amide bonds. The van der Waals surface area contributed by atoms with Crippen LogP contribution < -0.4 is 19.8 Å². The molecule has 1 unspecified atom stereocenters. The fraction of sp³-hybridized carbons (Fsp3) is 0.297. The fourth-order valence-corrected chi connectivity index (χ4v) is 6.11. The molecule has 0 spiro atoms. The van der Waals surface area contributed by atoms with Crippen molar-refractivity contribution in [1.82, 2.24) is 24.3 Å². The summed E-state index contributed by atoms with van der Waals surface area (Å²) in [5.41, 5.74) is 3.89. The van der Waals surface area contributed by atoms with E-state index in [0.29, 0.717) is 38.8 Å². The molecule has 5 rings (SSSR count). The van der Waals surface area contributed by atoms with Crippen LogP contribution in [-0.2, 0) is 17.7 Å². The molecule has 1 atom stereocenters. The van der Waals surface area contributed by atoms with Crippen LogP contribution in [0.5, 0.6) is 17.6 Å². The lowest BCUT2D eigenvalue weighted by Gasteiger charge is -2.22. The largest absolute Gasteiger partial charge is 0.497 e. The molecule has 0 bridgehead atoms. The van der Waals surface area contributed by atoms with Gasteiger partial charge in [-0.3, -0.25) is 4.79 Å². The highest BCUT2D eigenvalue weighted by Gasteiger charge is 2.34. The van der Waals surface area contributed by atoms with E-state index in [-0.39, 0.29) is 48.6 Å². The van der Waals surface area contributed by atoms with Crippen LogP contribution in [0.2, 0.25) is 5.02 Å². The van der Waals surface area contributed by atoms with Gasteiger partial charge in [-0.05, 0) is 60.7 Å². The van der Waals surface area contributed by atoms with Gasteiger partial charge in [0.15, 0.2) is 5.69 Å². The van der Waals surface area contributed by atoms with E-state index < -0.39 is 11.9 Å². The first-order valence-electron chi connectivity index (χ1n) is 15.9. The first kappa shape index (κ1) is 35.6. The standard InChI is InChI=1S/C37H37ClN6O6/c1-7-50-36(46)32-31(33(22(2)3)44(42-32)30-19-40-37(49-6)41-34(30)48-5)29(25-12-8-23(18-39)9-13-25)17-26-16-27(38)21-43(35(26)45)20-24-10-14-28(47-4)15-11-24/h8-16,19,21-22,29H,7,17,20H2,1-6H3. The number of carbonyl (C=O) groups excluding carboxylic acids is 1. The van der Waals surface area contributed by atoms with Gasteiger partial charge in [-0.2, -0.15) is 15.3 Å². The fourth-order valence-electron chi connectivity index (χ4n) is 5.86. The number of hydrogen-bond acceptors (Lipinski definition) is 10. The Morgan fingerprint density at radius 3 is 2.34 bits per heavy atom. The Balaban J connectivity index is 1.75. The molecule has 0 N–H and O–H groups in total. The minimum atomic E-state index is -0.641. The van der Waals surface area contributed by atoms with Crippen LogP contribution in [-0.4, -0.2) is 58.2 Å². The summed E-state index contributed by atoms with van der Waals surface area (Å²) in [5, 5.41) is 14.7. The number of carbonyl (C=O) groups is 1. The number of ether oxygens (including phenoxy) is 4. The molecule has 13 heteroatoms. The number of nitriles is 1. The Morgan fingerprint density at radius 2 is 1.74 bits per heavy atom. The summed E-state index contributed by atoms with van der Waals surface area (Å²) in [7, 11) is 4.50. The Morgan fingerprint density at radius 1 is 1.02 bits per heavy atom. The molecule has 0 aliphatic rings. The van der Waals surface area contributed by atoms with Crippen LogP contribution in [0.25, 0.3) is 5.69 Å². The van der Waals surface area contributed by atoms with Gasteiger partial charge in [0.05, 0.1) is 63.0 Å². The maximum atomic E-state index is 14.1. The van der Waals surface area contributed by atoms with Gasteiger partial charge < -0.3 is 23.5 Å². The second kappa shape index (κ2) is 15.7. The van der Waals surface area contributed by atoms with Crippen LogP contribution in [0.4, 0.5) is 0 Å². The molecule has 12 nitrogen and oxygen atoms in total. The molecular formula is C37H37ClN6O6. The number of methoxy groups -OCH3 is 3. The second-order valence-electron chi connectivity index (χ2n) is 11.6. The van der Waals surface area contributed by atoms with Crippen LogP contribution in [0.1, 0.15) is 76.6 Å². The minimum absolute atomic E-state index is 0.0587. The van der Waals surface area contributed by atoms with Crippen molar-refractivity contribution in [3.63, 3.8) is 0 Å². The zero-order chi connectivity index (χ0) is 35.9. The number of nitrogens with zero attached hydrogens (tertiary/aromatic N) is 6.